The van der Waals surface area contributed by atoms with Gasteiger partial charge in [0.2, 0.25) is 13.6 Å². The van der Waals surface area contributed by atoms with Crippen LogP contribution in [0.15, 0.2) is 0 Å². The van der Waals surface area contributed by atoms with Crippen molar-refractivity contribution < 1.29 is 123 Å². The van der Waals surface area contributed by atoms with Crippen LogP contribution in [0.2, 0.25) is 0 Å². The maximum absolute atomic E-state index is 16.0. The van der Waals surface area contributed by atoms with Crippen molar-refractivity contribution in [2.24, 2.45) is 139 Å². The minimum Gasteiger partial charge on any atom is -0.481 e. The summed E-state index contributed by atoms with van der Waals surface area (Å²) in [5, 5.41) is 19.3. The second kappa shape index (κ2) is 32.6. The van der Waals surface area contributed by atoms with Crippen LogP contribution in [-0.4, -0.2) is 118 Å². The number of esters is 2. The van der Waals surface area contributed by atoms with Crippen LogP contribution in [0.4, 0.5) is 13.2 Å². The molecule has 12 aliphatic carbocycles. The summed E-state index contributed by atoms with van der Waals surface area (Å²) >= 11 is 0. The Morgan fingerprint density at radius 1 is 0.394 bits per heavy atom. The van der Waals surface area contributed by atoms with Gasteiger partial charge in [-0.2, -0.15) is 0 Å². The largest absolute Gasteiger partial charge is 0.481 e. The molecule has 30 atom stereocenters. The number of halogens is 3. The highest BCUT2D eigenvalue weighted by Crippen LogP contribution is 2.73. The maximum Gasteiger partial charge on any atom is 0.472 e. The Morgan fingerprint density at radius 2 is 0.683 bits per heavy atom. The molecular formula is C74H125F3O23P4. The third-order valence-electron chi connectivity index (χ3n) is 32.0. The van der Waals surface area contributed by atoms with Gasteiger partial charge in [-0.25, -0.2) is 40.5 Å². The van der Waals surface area contributed by atoms with E-state index in [1.807, 2.05) is 0 Å². The molecule has 30 unspecified atom stereocenters. The predicted molar refractivity (Wildman–Crippen MR) is 377 cm³/mol. The van der Waals surface area contributed by atoms with Crippen molar-refractivity contribution in [1.29, 1.82) is 0 Å². The summed E-state index contributed by atoms with van der Waals surface area (Å²) in [6, 6.07) is 0. The van der Waals surface area contributed by atoms with E-state index in [-0.39, 0.29) is 117 Å². The fourth-order valence-corrected chi connectivity index (χ4v) is 28.6. The number of aliphatic hydroxyl groups is 1. The Morgan fingerprint density at radius 3 is 0.990 bits per heavy atom. The van der Waals surface area contributed by atoms with E-state index >= 15 is 13.2 Å². The summed E-state index contributed by atoms with van der Waals surface area (Å²) in [6.45, 7) is 18.8. The van der Waals surface area contributed by atoms with Crippen LogP contribution in [0.25, 0.3) is 0 Å². The summed E-state index contributed by atoms with van der Waals surface area (Å²) in [5.74, 6) is 2.65. The van der Waals surface area contributed by atoms with Gasteiger partial charge in [0, 0.05) is 19.3 Å². The summed E-state index contributed by atoms with van der Waals surface area (Å²) in [5.41, 5.74) is 0.185. The average molecular weight is 1560 g/mol. The minimum atomic E-state index is -4.69. The van der Waals surface area contributed by atoms with Crippen molar-refractivity contribution in [1.82, 2.24) is 0 Å². The van der Waals surface area contributed by atoms with Gasteiger partial charge >= 0.3 is 49.2 Å². The molecule has 10 N–H and O–H groups in total. The molecule has 23 nitrogen and oxygen atoms in total. The molecule has 0 radical (unpaired) electrons. The number of aliphatic hydroxyl groups excluding tert-OH is 1. The van der Waals surface area contributed by atoms with Gasteiger partial charge in [0.15, 0.2) is 0 Å². The van der Waals surface area contributed by atoms with Gasteiger partial charge in [0.1, 0.15) is 18.5 Å². The average Bonchev–Trinajstić information content (AvgIpc) is 1.38. The SMILES string of the molecule is CC(CCC(=O)O)C1CCC2C3C(F)CC4CC(OP(=O)(O)O)CCC4(C)C3CCC12C.CC(CCC(=O)OCOP(=O)(O)O)C1CCC2C3C(F)CC4CC(O)CCC4(C)C3CCC12C.CC(CCC(=O)OCOP(=O)(O)O)C1CCC2C3C(F)CC4CC(OP(=O)(O)O)CCC4(C)C3CCC12C. The van der Waals surface area contributed by atoms with Crippen LogP contribution in [0.1, 0.15) is 255 Å². The van der Waals surface area contributed by atoms with Gasteiger partial charge in [0.05, 0.1) is 18.3 Å². The molecule has 12 saturated carbocycles. The molecule has 30 heteroatoms. The Labute approximate surface area is 613 Å². The second-order valence-electron chi connectivity index (χ2n) is 36.8. The van der Waals surface area contributed by atoms with Crippen LogP contribution in [-0.2, 0) is 60.2 Å². The molecule has 0 aromatic rings. The molecule has 0 heterocycles. The second-order valence-corrected chi connectivity index (χ2v) is 41.6. The highest BCUT2D eigenvalue weighted by Gasteiger charge is 2.67. The number of ether oxygens (including phenoxy) is 2. The van der Waals surface area contributed by atoms with Crippen molar-refractivity contribution >= 4 is 49.2 Å². The van der Waals surface area contributed by atoms with Crippen LogP contribution in [0.5, 0.6) is 0 Å². The first-order chi connectivity index (χ1) is 48.2. The van der Waals surface area contributed by atoms with E-state index < -0.39 is 93.5 Å². The Kier molecular flexibility index (Phi) is 26.7. The molecule has 600 valence electrons. The van der Waals surface area contributed by atoms with Crippen molar-refractivity contribution in [2.45, 2.75) is 292 Å². The quantitative estimate of drug-likeness (QED) is 0.0273. The number of carbonyl (C=O) groups excluding carboxylic acids is 2. The van der Waals surface area contributed by atoms with Gasteiger partial charge in [-0.3, -0.25) is 23.4 Å². The van der Waals surface area contributed by atoms with Gasteiger partial charge in [-0.15, -0.1) is 0 Å². The first-order valence-electron chi connectivity index (χ1n) is 39.2. The van der Waals surface area contributed by atoms with Gasteiger partial charge < -0.3 is 58.8 Å². The Hall–Kier alpha value is -1.40. The molecule has 12 fully saturated rings. The van der Waals surface area contributed by atoms with Crippen LogP contribution < -0.4 is 0 Å². The first kappa shape index (κ1) is 85.0. The zero-order chi connectivity index (χ0) is 76.5. The third kappa shape index (κ3) is 18.4. The zero-order valence-corrected chi connectivity index (χ0v) is 66.3. The fourth-order valence-electron chi connectivity index (χ4n) is 27.0. The predicted octanol–water partition coefficient (Wildman–Crippen LogP) is 15.7. The lowest BCUT2D eigenvalue weighted by Gasteiger charge is -2.62. The summed E-state index contributed by atoms with van der Waals surface area (Å²) in [7, 11) is -18.5. The number of rotatable bonds is 22. The topological polar surface area (TPSA) is 377 Å². The van der Waals surface area contributed by atoms with Crippen molar-refractivity contribution in [3.05, 3.63) is 0 Å². The highest BCUT2D eigenvalue weighted by atomic mass is 31.2. The molecule has 12 rings (SSSR count). The molecule has 0 aromatic carbocycles. The lowest BCUT2D eigenvalue weighted by molar-refractivity contribution is -0.158. The normalized spacial score (nSPS) is 44.6. The number of hydrogen-bond donors (Lipinski definition) is 10. The molecule has 0 spiro atoms. The number of hydrogen-bond acceptors (Lipinski definition) is 14. The van der Waals surface area contributed by atoms with Crippen molar-refractivity contribution in [3.8, 4) is 0 Å². The smallest absolute Gasteiger partial charge is 0.472 e. The molecule has 0 amide bonds. The summed E-state index contributed by atoms with van der Waals surface area (Å²) in [4.78, 5) is 107. The standard InChI is InChI=1S/C25H43FO10P2.C25H42FO7P.C24H40FO6P/c1-15(4-7-22(27)34-14-35-37(28,29)30)18-5-6-19-23-20(9-11-25(18,19)3)24(2)10-8-17(36-38(31,32)33)12-16(24)13-21(23)26;1-15(4-7-22(28)32-14-33-34(29,30)31)18-5-6-19-23-20(9-11-25(18,19)3)24(2)10-8-17(27)12-16(24)13-21(23)26;1-14(4-7-21(26)27)17-5-6-18-22-19(9-11-24(17,18)3)23(2)10-8-16(31-32(28,29)30)12-15(23)13-20(22)25/h15-21,23H,4-14H2,1-3H3,(H2,28,29,30)(H2,31,32,33);15-21,23,27H,4-14H2,1-3H3,(H2,29,30,31);14-20,22H,4-13H2,1-3H3,(H,26,27)(H2,28,29,30). The zero-order valence-electron chi connectivity index (χ0n) is 62.7. The number of phosphoric ester groups is 4. The molecule has 0 bridgehead atoms. The number of carboxylic acid groups (broad SMARTS) is 1. The molecular weight excluding hydrogens is 1440 g/mol. The minimum absolute atomic E-state index is 0.00361. The third-order valence-corrected chi connectivity index (χ3v) is 34.0. The Balaban J connectivity index is 0.000000168. The molecule has 0 aliphatic heterocycles. The molecule has 104 heavy (non-hydrogen) atoms. The monoisotopic (exact) mass is 1560 g/mol. The highest BCUT2D eigenvalue weighted by molar-refractivity contribution is 7.47. The van der Waals surface area contributed by atoms with E-state index in [2.05, 4.69) is 71.4 Å². The Bertz CT molecular complexity index is 3190. The summed E-state index contributed by atoms with van der Waals surface area (Å²) < 4.78 is 120. The van der Waals surface area contributed by atoms with E-state index in [4.69, 9.17) is 43.2 Å². The molecule has 0 saturated heterocycles. The van der Waals surface area contributed by atoms with E-state index in [1.54, 1.807) is 0 Å². The number of carboxylic acids is 1. The molecule has 12 aliphatic rings. The van der Waals surface area contributed by atoms with Crippen LogP contribution in [0.3, 0.4) is 0 Å². The van der Waals surface area contributed by atoms with Gasteiger partial charge in [-0.1, -0.05) is 62.3 Å². The maximum atomic E-state index is 16.0. The molecule has 0 aromatic heterocycles. The van der Waals surface area contributed by atoms with E-state index in [0.29, 0.717) is 112 Å². The number of alkyl halides is 3. The van der Waals surface area contributed by atoms with Gasteiger partial charge in [-0.05, 0) is 312 Å². The van der Waals surface area contributed by atoms with Crippen molar-refractivity contribution in [3.63, 3.8) is 0 Å². The van der Waals surface area contributed by atoms with Gasteiger partial charge in [0.25, 0.3) is 0 Å². The summed E-state index contributed by atoms with van der Waals surface area (Å²) in [6.07, 6.45) is 18.6. The van der Waals surface area contributed by atoms with E-state index in [9.17, 15) is 57.3 Å². The number of carbonyl (C=O) groups is 3. The first-order valence-corrected chi connectivity index (χ1v) is 45.4. The van der Waals surface area contributed by atoms with E-state index in [1.165, 1.54) is 0 Å². The lowest BCUT2D eigenvalue weighted by Crippen LogP contribution is -2.58. The number of fused-ring (bicyclic) bond motifs is 15. The van der Waals surface area contributed by atoms with E-state index in [0.717, 1.165) is 109 Å². The van der Waals surface area contributed by atoms with Crippen LogP contribution in [0, 0.1) is 139 Å². The van der Waals surface area contributed by atoms with Crippen molar-refractivity contribution in [2.75, 3.05) is 13.6 Å². The number of aliphatic carboxylic acids is 1. The fraction of sp³-hybridized carbons (Fsp3) is 0.959. The van der Waals surface area contributed by atoms with Crippen LogP contribution >= 0.6 is 31.3 Å². The number of phosphoric acid groups is 4. The lowest BCUT2D eigenvalue weighted by atomic mass is 9.44.